The van der Waals surface area contributed by atoms with Crippen LogP contribution in [0.2, 0.25) is 0 Å². The Morgan fingerprint density at radius 1 is 1.25 bits per heavy atom. The summed E-state index contributed by atoms with van der Waals surface area (Å²) in [7, 11) is 0. The van der Waals surface area contributed by atoms with Crippen molar-refractivity contribution in [2.75, 3.05) is 0 Å². The maximum absolute atomic E-state index is 11.2. The number of carbonyl (C=O) groups is 1. The summed E-state index contributed by atoms with van der Waals surface area (Å²) in [5, 5.41) is 9.68. The van der Waals surface area contributed by atoms with E-state index in [2.05, 4.69) is 9.82 Å². The topological polar surface area (TPSA) is 82.3 Å². The minimum atomic E-state index is -1.15. The molecule has 6 nitrogen and oxygen atoms in total. The van der Waals surface area contributed by atoms with Crippen LogP contribution >= 0.6 is 0 Å². The molecule has 1 aromatic heterocycles. The van der Waals surface area contributed by atoms with Crippen LogP contribution in [0.15, 0.2) is 36.4 Å². The van der Waals surface area contributed by atoms with Gasteiger partial charge in [0.15, 0.2) is 0 Å². The summed E-state index contributed by atoms with van der Waals surface area (Å²) in [5.74, 6) is -1.07. The third-order valence-electron chi connectivity index (χ3n) is 1.97. The van der Waals surface area contributed by atoms with Crippen molar-refractivity contribution < 1.29 is 14.7 Å². The zero-order valence-electron chi connectivity index (χ0n) is 7.99. The van der Waals surface area contributed by atoms with Gasteiger partial charge in [-0.05, 0) is 12.1 Å². The number of hydrogen-bond donors (Lipinski definition) is 0. The first-order valence-corrected chi connectivity index (χ1v) is 4.39. The quantitative estimate of drug-likeness (QED) is 0.564. The van der Waals surface area contributed by atoms with Crippen LogP contribution in [0.4, 0.5) is 0 Å². The molecule has 0 bridgehead atoms. The number of benzene rings is 1. The highest BCUT2D eigenvalue weighted by Gasteiger charge is 2.12. The lowest BCUT2D eigenvalue weighted by atomic mass is 10.2. The molecule has 0 unspecified atom stereocenters. The summed E-state index contributed by atoms with van der Waals surface area (Å²) in [6.45, 7) is 0. The first kappa shape index (κ1) is 10.0. The van der Waals surface area contributed by atoms with Crippen molar-refractivity contribution >= 4 is 16.9 Å². The van der Waals surface area contributed by atoms with Crippen molar-refractivity contribution in [1.29, 1.82) is 0 Å². The van der Waals surface area contributed by atoms with E-state index in [0.29, 0.717) is 5.52 Å². The van der Waals surface area contributed by atoms with E-state index in [4.69, 9.17) is 0 Å². The lowest BCUT2D eigenvalue weighted by molar-refractivity contribution is -0.727. The van der Waals surface area contributed by atoms with E-state index < -0.39 is 11.1 Å². The largest absolute Gasteiger partial charge is 0.352 e. The summed E-state index contributed by atoms with van der Waals surface area (Å²) < 4.78 is 0. The van der Waals surface area contributed by atoms with Gasteiger partial charge in [-0.25, -0.2) is 9.82 Å². The molecule has 80 valence electrons. The van der Waals surface area contributed by atoms with Gasteiger partial charge >= 0.3 is 11.1 Å². The fraction of sp³-hybridized carbons (Fsp3) is 0. The highest BCUT2D eigenvalue weighted by atomic mass is 17.0. The number of para-hydroxylation sites is 1. The van der Waals surface area contributed by atoms with Gasteiger partial charge in [0.25, 0.3) is 0 Å². The molecule has 1 aromatic carbocycles. The van der Waals surface area contributed by atoms with Crippen molar-refractivity contribution in [3.63, 3.8) is 0 Å². The summed E-state index contributed by atoms with van der Waals surface area (Å²) >= 11 is 0. The van der Waals surface area contributed by atoms with Crippen LogP contribution in [0.3, 0.4) is 0 Å². The summed E-state index contributed by atoms with van der Waals surface area (Å²) in [4.78, 5) is 28.9. The second-order valence-electron chi connectivity index (χ2n) is 2.99. The third-order valence-corrected chi connectivity index (χ3v) is 1.97. The fourth-order valence-corrected chi connectivity index (χ4v) is 1.29. The van der Waals surface area contributed by atoms with Gasteiger partial charge in [0.1, 0.15) is 5.69 Å². The molecular formula is C10H6N2O4. The highest BCUT2D eigenvalue weighted by molar-refractivity contribution is 5.90. The van der Waals surface area contributed by atoms with Gasteiger partial charge in [-0.15, -0.1) is 10.1 Å². The second-order valence-corrected chi connectivity index (χ2v) is 2.99. The Balaban J connectivity index is 2.39. The Morgan fingerprint density at radius 2 is 2.00 bits per heavy atom. The molecule has 0 amide bonds. The first-order chi connectivity index (χ1) is 7.66. The van der Waals surface area contributed by atoms with Crippen LogP contribution in [-0.4, -0.2) is 16.0 Å². The van der Waals surface area contributed by atoms with Gasteiger partial charge in [0.05, 0.1) is 5.52 Å². The molecular weight excluding hydrogens is 212 g/mol. The molecule has 0 spiro atoms. The monoisotopic (exact) mass is 218 g/mol. The molecule has 6 heteroatoms. The Morgan fingerprint density at radius 3 is 2.75 bits per heavy atom. The predicted molar refractivity (Wildman–Crippen MR) is 54.2 cm³/mol. The number of hydrogen-bond acceptors (Lipinski definition) is 5. The Hall–Kier alpha value is -2.50. The zero-order valence-corrected chi connectivity index (χ0v) is 7.99. The van der Waals surface area contributed by atoms with Crippen LogP contribution in [0.5, 0.6) is 0 Å². The molecule has 0 fully saturated rings. The Bertz CT molecular complexity index is 568. The SMILES string of the molecule is O=C(O[N+](=O)[O-])c1ccc2ccccc2n1. The third kappa shape index (κ3) is 1.95. The number of fused-ring (bicyclic) bond motifs is 1. The Labute approximate surface area is 89.6 Å². The van der Waals surface area contributed by atoms with Crippen LogP contribution in [0.1, 0.15) is 10.5 Å². The van der Waals surface area contributed by atoms with Gasteiger partial charge in [0, 0.05) is 5.39 Å². The lowest BCUT2D eigenvalue weighted by Gasteiger charge is -1.99. The first-order valence-electron chi connectivity index (χ1n) is 4.39. The van der Waals surface area contributed by atoms with Gasteiger partial charge in [-0.1, -0.05) is 24.3 Å². The van der Waals surface area contributed by atoms with Crippen molar-refractivity contribution in [3.8, 4) is 0 Å². The molecule has 0 atom stereocenters. The average Bonchev–Trinajstić information content (AvgIpc) is 2.27. The van der Waals surface area contributed by atoms with E-state index in [9.17, 15) is 14.9 Å². The number of pyridine rings is 1. The van der Waals surface area contributed by atoms with Crippen molar-refractivity contribution in [3.05, 3.63) is 52.2 Å². The molecule has 0 saturated carbocycles. The van der Waals surface area contributed by atoms with Crippen LogP contribution in [-0.2, 0) is 4.84 Å². The lowest BCUT2D eigenvalue weighted by Crippen LogP contribution is -2.11. The van der Waals surface area contributed by atoms with Crippen molar-refractivity contribution in [2.45, 2.75) is 0 Å². The van der Waals surface area contributed by atoms with E-state index in [0.717, 1.165) is 5.39 Å². The summed E-state index contributed by atoms with van der Waals surface area (Å²) in [5.41, 5.74) is 0.496. The Kier molecular flexibility index (Phi) is 2.47. The molecule has 0 aliphatic heterocycles. The number of nitrogens with zero attached hydrogens (tertiary/aromatic N) is 2. The van der Waals surface area contributed by atoms with Crippen LogP contribution in [0.25, 0.3) is 10.9 Å². The molecule has 0 radical (unpaired) electrons. The van der Waals surface area contributed by atoms with E-state index in [1.165, 1.54) is 6.07 Å². The van der Waals surface area contributed by atoms with Gasteiger partial charge in [-0.3, -0.25) is 4.79 Å². The summed E-state index contributed by atoms with van der Waals surface area (Å²) in [6, 6.07) is 10.2. The number of aromatic nitrogens is 1. The molecule has 0 aliphatic rings. The maximum Gasteiger partial charge on any atom is 0.352 e. The fourth-order valence-electron chi connectivity index (χ4n) is 1.29. The van der Waals surface area contributed by atoms with E-state index in [-0.39, 0.29) is 5.69 Å². The predicted octanol–water partition coefficient (Wildman–Crippen LogP) is 1.58. The molecule has 0 saturated heterocycles. The van der Waals surface area contributed by atoms with E-state index in [1.807, 2.05) is 12.1 Å². The van der Waals surface area contributed by atoms with E-state index in [1.54, 1.807) is 18.2 Å². The van der Waals surface area contributed by atoms with Gasteiger partial charge in [0.2, 0.25) is 0 Å². The molecule has 0 aliphatic carbocycles. The second kappa shape index (κ2) is 3.93. The molecule has 2 aromatic rings. The molecule has 1 heterocycles. The van der Waals surface area contributed by atoms with Gasteiger partial charge < -0.3 is 0 Å². The molecule has 0 N–H and O–H groups in total. The normalized spacial score (nSPS) is 10.0. The smallest absolute Gasteiger partial charge is 0.261 e. The van der Waals surface area contributed by atoms with Crippen molar-refractivity contribution in [1.82, 2.24) is 4.98 Å². The van der Waals surface area contributed by atoms with Crippen LogP contribution < -0.4 is 0 Å². The standard InChI is InChI=1S/C10H6N2O4/c13-10(16-12(14)15)9-6-5-7-3-1-2-4-8(7)11-9/h1-6H. The number of carbonyl (C=O) groups excluding carboxylic acids is 1. The molecule has 2 rings (SSSR count). The average molecular weight is 218 g/mol. The molecule has 16 heavy (non-hydrogen) atoms. The van der Waals surface area contributed by atoms with Crippen LogP contribution in [0, 0.1) is 10.1 Å². The minimum absolute atomic E-state index is 0.0876. The van der Waals surface area contributed by atoms with Crippen molar-refractivity contribution in [2.24, 2.45) is 0 Å². The van der Waals surface area contributed by atoms with Gasteiger partial charge in [-0.2, -0.15) is 0 Å². The summed E-state index contributed by atoms with van der Waals surface area (Å²) in [6.07, 6.45) is 0. The minimum Gasteiger partial charge on any atom is -0.261 e. The number of rotatable bonds is 2. The zero-order chi connectivity index (χ0) is 11.5. The highest BCUT2D eigenvalue weighted by Crippen LogP contribution is 2.12. The maximum atomic E-state index is 11.2. The van der Waals surface area contributed by atoms with E-state index >= 15 is 0 Å².